The Morgan fingerprint density at radius 2 is 2.05 bits per heavy atom. The van der Waals surface area contributed by atoms with Crippen molar-refractivity contribution in [2.24, 2.45) is 5.73 Å². The Labute approximate surface area is 112 Å². The van der Waals surface area contributed by atoms with Crippen molar-refractivity contribution >= 4 is 5.91 Å². The molecule has 4 nitrogen and oxygen atoms in total. The minimum absolute atomic E-state index is 0.0917. The number of carbonyl (C=O) groups excluding carboxylic acids is 1. The summed E-state index contributed by atoms with van der Waals surface area (Å²) >= 11 is 0. The molecule has 1 heterocycles. The van der Waals surface area contributed by atoms with Crippen LogP contribution in [0.1, 0.15) is 24.8 Å². The minimum Gasteiger partial charge on any atom is -0.480 e. The van der Waals surface area contributed by atoms with Crippen molar-refractivity contribution in [1.82, 2.24) is 4.90 Å². The van der Waals surface area contributed by atoms with Gasteiger partial charge in [0, 0.05) is 25.2 Å². The van der Waals surface area contributed by atoms with Gasteiger partial charge in [-0.05, 0) is 25.3 Å². The van der Waals surface area contributed by atoms with E-state index in [1.807, 2.05) is 0 Å². The molecule has 2 rings (SSSR count). The number of halogens is 1. The Morgan fingerprint density at radius 3 is 2.74 bits per heavy atom. The van der Waals surface area contributed by atoms with E-state index in [-0.39, 0.29) is 24.8 Å². The number of hydrogen-bond acceptors (Lipinski definition) is 3. The van der Waals surface area contributed by atoms with Gasteiger partial charge in [-0.1, -0.05) is 12.1 Å². The quantitative estimate of drug-likeness (QED) is 0.902. The Morgan fingerprint density at radius 1 is 1.32 bits per heavy atom. The van der Waals surface area contributed by atoms with Crippen molar-refractivity contribution in [3.8, 4) is 5.75 Å². The summed E-state index contributed by atoms with van der Waals surface area (Å²) < 4.78 is 19.0. The van der Waals surface area contributed by atoms with E-state index in [1.165, 1.54) is 6.07 Å². The number of benzene rings is 1. The monoisotopic (exact) mass is 266 g/mol. The minimum atomic E-state index is -0.477. The lowest BCUT2D eigenvalue weighted by atomic mass is 10.1. The molecular weight excluding hydrogens is 247 g/mol. The molecule has 1 saturated heterocycles. The molecule has 0 bridgehead atoms. The molecule has 5 heteroatoms. The molecule has 1 aromatic carbocycles. The van der Waals surface area contributed by atoms with Gasteiger partial charge in [0.15, 0.2) is 18.2 Å². The highest BCUT2D eigenvalue weighted by molar-refractivity contribution is 5.77. The first-order valence-electron chi connectivity index (χ1n) is 6.60. The average molecular weight is 266 g/mol. The molecule has 2 N–H and O–H groups in total. The zero-order valence-corrected chi connectivity index (χ0v) is 10.9. The standard InChI is InChI=1S/C14H19FN2O2/c15-12-6-4-5-11(9-16)14(12)19-10-13(18)17-7-2-1-3-8-17/h4-6H,1-3,7-10,16H2. The van der Waals surface area contributed by atoms with Gasteiger partial charge >= 0.3 is 0 Å². The molecule has 0 aromatic heterocycles. The number of nitrogens with two attached hydrogens (primary N) is 1. The number of rotatable bonds is 4. The van der Waals surface area contributed by atoms with Gasteiger partial charge < -0.3 is 15.4 Å². The third-order valence-electron chi connectivity index (χ3n) is 3.32. The van der Waals surface area contributed by atoms with Crippen molar-refractivity contribution < 1.29 is 13.9 Å². The number of hydrogen-bond donors (Lipinski definition) is 1. The highest BCUT2D eigenvalue weighted by Crippen LogP contribution is 2.22. The lowest BCUT2D eigenvalue weighted by Gasteiger charge is -2.26. The Hall–Kier alpha value is -1.62. The molecule has 1 fully saturated rings. The van der Waals surface area contributed by atoms with Crippen LogP contribution in [0.5, 0.6) is 5.75 Å². The Bertz CT molecular complexity index is 445. The summed E-state index contributed by atoms with van der Waals surface area (Å²) in [7, 11) is 0. The van der Waals surface area contributed by atoms with Crippen LogP contribution in [-0.4, -0.2) is 30.5 Å². The topological polar surface area (TPSA) is 55.6 Å². The molecule has 1 aliphatic heterocycles. The van der Waals surface area contributed by atoms with E-state index < -0.39 is 5.82 Å². The van der Waals surface area contributed by atoms with E-state index in [4.69, 9.17) is 10.5 Å². The molecular formula is C14H19FN2O2. The second-order valence-electron chi connectivity index (χ2n) is 4.66. The number of piperidine rings is 1. The van der Waals surface area contributed by atoms with Crippen molar-refractivity contribution in [3.05, 3.63) is 29.6 Å². The fourth-order valence-corrected chi connectivity index (χ4v) is 2.24. The van der Waals surface area contributed by atoms with Crippen LogP contribution in [0.15, 0.2) is 18.2 Å². The number of para-hydroxylation sites is 1. The summed E-state index contributed by atoms with van der Waals surface area (Å²) in [6, 6.07) is 4.58. The van der Waals surface area contributed by atoms with E-state index in [9.17, 15) is 9.18 Å². The van der Waals surface area contributed by atoms with Crippen molar-refractivity contribution in [3.63, 3.8) is 0 Å². The summed E-state index contributed by atoms with van der Waals surface area (Å²) in [6.45, 7) is 1.59. The molecule has 0 radical (unpaired) electrons. The molecule has 104 valence electrons. The summed E-state index contributed by atoms with van der Waals surface area (Å²) in [5.41, 5.74) is 6.10. The van der Waals surface area contributed by atoms with E-state index in [2.05, 4.69) is 0 Å². The highest BCUT2D eigenvalue weighted by atomic mass is 19.1. The molecule has 0 atom stereocenters. The normalized spacial score (nSPS) is 15.4. The fraction of sp³-hybridized carbons (Fsp3) is 0.500. The third kappa shape index (κ3) is 3.44. The first kappa shape index (κ1) is 13.8. The molecule has 1 aliphatic rings. The van der Waals surface area contributed by atoms with Crippen LogP contribution >= 0.6 is 0 Å². The molecule has 0 unspecified atom stereocenters. The Kier molecular flexibility index (Phi) is 4.74. The summed E-state index contributed by atoms with van der Waals surface area (Å²) in [6.07, 6.45) is 3.22. The van der Waals surface area contributed by atoms with Gasteiger partial charge in [0.2, 0.25) is 0 Å². The third-order valence-corrected chi connectivity index (χ3v) is 3.32. The van der Waals surface area contributed by atoms with Gasteiger partial charge in [-0.15, -0.1) is 0 Å². The summed E-state index contributed by atoms with van der Waals surface area (Å²) in [5.74, 6) is -0.476. The molecule has 1 amide bonds. The van der Waals surface area contributed by atoms with Crippen LogP contribution in [0.2, 0.25) is 0 Å². The van der Waals surface area contributed by atoms with Crippen LogP contribution in [0.3, 0.4) is 0 Å². The predicted octanol–water partition coefficient (Wildman–Crippen LogP) is 1.68. The van der Waals surface area contributed by atoms with Gasteiger partial charge in [-0.2, -0.15) is 0 Å². The highest BCUT2D eigenvalue weighted by Gasteiger charge is 2.18. The average Bonchev–Trinajstić information content (AvgIpc) is 2.46. The number of likely N-dealkylation sites (tertiary alicyclic amines) is 1. The van der Waals surface area contributed by atoms with Gasteiger partial charge in [0.05, 0.1) is 0 Å². The fourth-order valence-electron chi connectivity index (χ4n) is 2.24. The lowest BCUT2D eigenvalue weighted by molar-refractivity contribution is -0.134. The van der Waals surface area contributed by atoms with Crippen LogP contribution in [0.25, 0.3) is 0 Å². The molecule has 1 aromatic rings. The Balaban J connectivity index is 1.96. The smallest absolute Gasteiger partial charge is 0.260 e. The first-order valence-corrected chi connectivity index (χ1v) is 6.60. The zero-order valence-electron chi connectivity index (χ0n) is 10.9. The summed E-state index contributed by atoms with van der Waals surface area (Å²) in [4.78, 5) is 13.7. The van der Waals surface area contributed by atoms with Gasteiger partial charge in [0.25, 0.3) is 5.91 Å². The van der Waals surface area contributed by atoms with Gasteiger partial charge in [-0.3, -0.25) is 4.79 Å². The SMILES string of the molecule is NCc1cccc(F)c1OCC(=O)N1CCCCC1. The van der Waals surface area contributed by atoms with Crippen LogP contribution in [0, 0.1) is 5.82 Å². The van der Waals surface area contributed by atoms with Crippen molar-refractivity contribution in [2.75, 3.05) is 19.7 Å². The maximum atomic E-state index is 13.6. The maximum Gasteiger partial charge on any atom is 0.260 e. The second-order valence-corrected chi connectivity index (χ2v) is 4.66. The van der Waals surface area contributed by atoms with Crippen molar-refractivity contribution in [2.45, 2.75) is 25.8 Å². The van der Waals surface area contributed by atoms with Gasteiger partial charge in [0.1, 0.15) is 0 Å². The molecule has 19 heavy (non-hydrogen) atoms. The molecule has 0 aliphatic carbocycles. The first-order chi connectivity index (χ1) is 9.22. The van der Waals surface area contributed by atoms with Crippen LogP contribution < -0.4 is 10.5 Å². The number of carbonyl (C=O) groups is 1. The largest absolute Gasteiger partial charge is 0.480 e. The van der Waals surface area contributed by atoms with E-state index in [1.54, 1.807) is 17.0 Å². The summed E-state index contributed by atoms with van der Waals surface area (Å²) in [5, 5.41) is 0. The van der Waals surface area contributed by atoms with Crippen LogP contribution in [-0.2, 0) is 11.3 Å². The number of amides is 1. The van der Waals surface area contributed by atoms with Crippen molar-refractivity contribution in [1.29, 1.82) is 0 Å². The maximum absolute atomic E-state index is 13.6. The second kappa shape index (κ2) is 6.52. The lowest BCUT2D eigenvalue weighted by Crippen LogP contribution is -2.38. The molecule has 0 spiro atoms. The van der Waals surface area contributed by atoms with E-state index in [0.717, 1.165) is 32.4 Å². The van der Waals surface area contributed by atoms with E-state index in [0.29, 0.717) is 5.56 Å². The van der Waals surface area contributed by atoms with Gasteiger partial charge in [-0.25, -0.2) is 4.39 Å². The van der Waals surface area contributed by atoms with Crippen LogP contribution in [0.4, 0.5) is 4.39 Å². The van der Waals surface area contributed by atoms with E-state index >= 15 is 0 Å². The number of ether oxygens (including phenoxy) is 1. The number of nitrogens with zero attached hydrogens (tertiary/aromatic N) is 1. The zero-order chi connectivity index (χ0) is 13.7. The predicted molar refractivity (Wildman–Crippen MR) is 70.2 cm³/mol. The molecule has 0 saturated carbocycles.